The lowest BCUT2D eigenvalue weighted by atomic mass is 9.88. The molecule has 1 fully saturated rings. The molecule has 4 nitrogen and oxygen atoms in total. The Labute approximate surface area is 85.1 Å². The van der Waals surface area contributed by atoms with Crippen molar-refractivity contribution in [2.75, 3.05) is 19.7 Å². The molecule has 1 heterocycles. The van der Waals surface area contributed by atoms with Gasteiger partial charge < -0.3 is 15.7 Å². The molecule has 0 saturated carbocycles. The van der Waals surface area contributed by atoms with Crippen molar-refractivity contribution in [2.24, 2.45) is 5.41 Å². The lowest BCUT2D eigenvalue weighted by molar-refractivity contribution is -0.129. The van der Waals surface area contributed by atoms with Gasteiger partial charge in [-0.15, -0.1) is 0 Å². The first-order chi connectivity index (χ1) is 6.58. The van der Waals surface area contributed by atoms with Crippen LogP contribution in [0.2, 0.25) is 0 Å². The van der Waals surface area contributed by atoms with Crippen molar-refractivity contribution in [1.82, 2.24) is 10.6 Å². The number of carbonyl (C=O) groups is 1. The molecule has 1 saturated heterocycles. The molecule has 1 rings (SSSR count). The van der Waals surface area contributed by atoms with Crippen LogP contribution >= 0.6 is 0 Å². The van der Waals surface area contributed by atoms with Crippen molar-refractivity contribution in [3.8, 4) is 0 Å². The minimum Gasteiger partial charge on any atom is -0.396 e. The van der Waals surface area contributed by atoms with Gasteiger partial charge in [-0.25, -0.2) is 0 Å². The topological polar surface area (TPSA) is 61.4 Å². The molecule has 2 atom stereocenters. The fourth-order valence-corrected chi connectivity index (χ4v) is 1.67. The zero-order valence-corrected chi connectivity index (χ0v) is 8.97. The molecule has 0 aromatic heterocycles. The van der Waals surface area contributed by atoms with Crippen molar-refractivity contribution >= 4 is 5.91 Å². The predicted molar refractivity (Wildman–Crippen MR) is 54.9 cm³/mol. The summed E-state index contributed by atoms with van der Waals surface area (Å²) in [5.41, 5.74) is -0.260. The highest BCUT2D eigenvalue weighted by Crippen LogP contribution is 2.24. The quantitative estimate of drug-likeness (QED) is 0.592. The summed E-state index contributed by atoms with van der Waals surface area (Å²) in [6, 6.07) is 0.0601. The number of amides is 1. The largest absolute Gasteiger partial charge is 0.396 e. The van der Waals surface area contributed by atoms with Crippen molar-refractivity contribution in [3.05, 3.63) is 0 Å². The molecule has 1 aliphatic heterocycles. The standard InChI is InChI=1S/C10H20N2O2/c1-8(3-6-13)12-9(14)10(2)4-5-11-7-10/h8,11,13H,3-7H2,1-2H3,(H,12,14). The lowest BCUT2D eigenvalue weighted by Crippen LogP contribution is -2.44. The normalized spacial score (nSPS) is 28.8. The van der Waals surface area contributed by atoms with Crippen LogP contribution in [0.15, 0.2) is 0 Å². The number of hydrogen-bond acceptors (Lipinski definition) is 3. The zero-order valence-electron chi connectivity index (χ0n) is 8.97. The van der Waals surface area contributed by atoms with Crippen molar-refractivity contribution in [2.45, 2.75) is 32.7 Å². The third-order valence-corrected chi connectivity index (χ3v) is 2.86. The van der Waals surface area contributed by atoms with Crippen LogP contribution in [0, 0.1) is 5.41 Å². The average molecular weight is 200 g/mol. The smallest absolute Gasteiger partial charge is 0.227 e. The molecule has 4 heteroatoms. The molecule has 82 valence electrons. The van der Waals surface area contributed by atoms with Crippen LogP contribution in [-0.2, 0) is 4.79 Å². The fourth-order valence-electron chi connectivity index (χ4n) is 1.67. The maximum Gasteiger partial charge on any atom is 0.227 e. The number of nitrogens with one attached hydrogen (secondary N) is 2. The second-order valence-corrected chi connectivity index (χ2v) is 4.37. The third kappa shape index (κ3) is 2.69. The van der Waals surface area contributed by atoms with Crippen LogP contribution < -0.4 is 10.6 Å². The maximum absolute atomic E-state index is 11.8. The van der Waals surface area contributed by atoms with Crippen LogP contribution in [0.1, 0.15) is 26.7 Å². The summed E-state index contributed by atoms with van der Waals surface area (Å²) in [7, 11) is 0. The summed E-state index contributed by atoms with van der Waals surface area (Å²) in [6.45, 7) is 5.69. The Kier molecular flexibility index (Phi) is 3.89. The van der Waals surface area contributed by atoms with Gasteiger partial charge in [-0.1, -0.05) is 0 Å². The van der Waals surface area contributed by atoms with Gasteiger partial charge in [0, 0.05) is 19.2 Å². The molecular formula is C10H20N2O2. The van der Waals surface area contributed by atoms with E-state index in [-0.39, 0.29) is 24.0 Å². The van der Waals surface area contributed by atoms with E-state index in [4.69, 9.17) is 5.11 Å². The van der Waals surface area contributed by atoms with Crippen LogP contribution in [0.3, 0.4) is 0 Å². The summed E-state index contributed by atoms with van der Waals surface area (Å²) in [5.74, 6) is 0.100. The summed E-state index contributed by atoms with van der Waals surface area (Å²) >= 11 is 0. The van der Waals surface area contributed by atoms with E-state index in [2.05, 4.69) is 10.6 Å². The monoisotopic (exact) mass is 200 g/mol. The Morgan fingerprint density at radius 3 is 2.93 bits per heavy atom. The van der Waals surface area contributed by atoms with E-state index in [1.54, 1.807) is 0 Å². The maximum atomic E-state index is 11.8. The first-order valence-electron chi connectivity index (χ1n) is 5.21. The third-order valence-electron chi connectivity index (χ3n) is 2.86. The Morgan fingerprint density at radius 1 is 1.71 bits per heavy atom. The number of aliphatic hydroxyl groups is 1. The fraction of sp³-hybridized carbons (Fsp3) is 0.900. The van der Waals surface area contributed by atoms with Crippen molar-refractivity contribution in [3.63, 3.8) is 0 Å². The van der Waals surface area contributed by atoms with Gasteiger partial charge in [0.2, 0.25) is 5.91 Å². The van der Waals surface area contributed by atoms with Gasteiger partial charge in [-0.2, -0.15) is 0 Å². The van der Waals surface area contributed by atoms with Gasteiger partial charge in [0.05, 0.1) is 5.41 Å². The van der Waals surface area contributed by atoms with Crippen molar-refractivity contribution in [1.29, 1.82) is 0 Å². The molecule has 0 bridgehead atoms. The average Bonchev–Trinajstić information content (AvgIpc) is 2.54. The van der Waals surface area contributed by atoms with E-state index in [1.165, 1.54) is 0 Å². The molecule has 1 amide bonds. The molecule has 14 heavy (non-hydrogen) atoms. The predicted octanol–water partition coefficient (Wildman–Crippen LogP) is -0.127. The van der Waals surface area contributed by atoms with Gasteiger partial charge in [0.15, 0.2) is 0 Å². The lowest BCUT2D eigenvalue weighted by Gasteiger charge is -2.24. The molecule has 2 unspecified atom stereocenters. The number of hydrogen-bond donors (Lipinski definition) is 3. The Bertz CT molecular complexity index is 200. The highest BCUT2D eigenvalue weighted by molar-refractivity contribution is 5.83. The molecule has 0 aromatic carbocycles. The SMILES string of the molecule is CC(CCO)NC(=O)C1(C)CCNC1. The molecule has 0 aliphatic carbocycles. The highest BCUT2D eigenvalue weighted by atomic mass is 16.3. The van der Waals surface area contributed by atoms with E-state index in [1.807, 2.05) is 13.8 Å². The van der Waals surface area contributed by atoms with E-state index >= 15 is 0 Å². The van der Waals surface area contributed by atoms with Crippen molar-refractivity contribution < 1.29 is 9.90 Å². The molecule has 0 spiro atoms. The Hall–Kier alpha value is -0.610. The van der Waals surface area contributed by atoms with E-state index in [0.717, 1.165) is 19.5 Å². The molecule has 3 N–H and O–H groups in total. The zero-order chi connectivity index (χ0) is 10.6. The minimum absolute atomic E-state index is 0.0601. The number of aliphatic hydroxyl groups excluding tert-OH is 1. The summed E-state index contributed by atoms with van der Waals surface area (Å²) in [6.07, 6.45) is 1.51. The molecule has 1 aliphatic rings. The van der Waals surface area contributed by atoms with Crippen LogP contribution in [0.4, 0.5) is 0 Å². The Balaban J connectivity index is 2.40. The summed E-state index contributed by atoms with van der Waals surface area (Å²) in [4.78, 5) is 11.8. The summed E-state index contributed by atoms with van der Waals surface area (Å²) < 4.78 is 0. The van der Waals surface area contributed by atoms with Crippen LogP contribution in [0.5, 0.6) is 0 Å². The van der Waals surface area contributed by atoms with Crippen LogP contribution in [-0.4, -0.2) is 36.8 Å². The molecular weight excluding hydrogens is 180 g/mol. The van der Waals surface area contributed by atoms with Gasteiger partial charge >= 0.3 is 0 Å². The van der Waals surface area contributed by atoms with Crippen LogP contribution in [0.25, 0.3) is 0 Å². The van der Waals surface area contributed by atoms with E-state index in [0.29, 0.717) is 6.42 Å². The first kappa shape index (κ1) is 11.5. The van der Waals surface area contributed by atoms with Gasteiger partial charge in [-0.3, -0.25) is 4.79 Å². The second kappa shape index (κ2) is 4.75. The van der Waals surface area contributed by atoms with Gasteiger partial charge in [-0.05, 0) is 33.2 Å². The number of rotatable bonds is 4. The second-order valence-electron chi connectivity index (χ2n) is 4.37. The molecule has 0 radical (unpaired) electrons. The summed E-state index contributed by atoms with van der Waals surface area (Å²) in [5, 5.41) is 14.8. The van der Waals surface area contributed by atoms with E-state index < -0.39 is 0 Å². The number of carbonyl (C=O) groups excluding carboxylic acids is 1. The van der Waals surface area contributed by atoms with E-state index in [9.17, 15) is 4.79 Å². The van der Waals surface area contributed by atoms with Gasteiger partial charge in [0.1, 0.15) is 0 Å². The highest BCUT2D eigenvalue weighted by Gasteiger charge is 2.36. The molecule has 0 aromatic rings. The Morgan fingerprint density at radius 2 is 2.43 bits per heavy atom. The minimum atomic E-state index is -0.260. The first-order valence-corrected chi connectivity index (χ1v) is 5.21. The van der Waals surface area contributed by atoms with Gasteiger partial charge in [0.25, 0.3) is 0 Å².